The van der Waals surface area contributed by atoms with E-state index in [1.54, 1.807) is 0 Å². The van der Waals surface area contributed by atoms with Gasteiger partial charge in [-0.2, -0.15) is 0 Å². The van der Waals surface area contributed by atoms with E-state index in [2.05, 4.69) is 46.7 Å². The average Bonchev–Trinajstić information content (AvgIpc) is 2.75. The van der Waals surface area contributed by atoms with Gasteiger partial charge in [0, 0.05) is 6.04 Å². The molecule has 3 unspecified atom stereocenters. The maximum absolute atomic E-state index is 2.46. The molecule has 0 N–H and O–H groups in total. The second-order valence-corrected chi connectivity index (χ2v) is 6.80. The third kappa shape index (κ3) is 3.76. The van der Waals surface area contributed by atoms with Gasteiger partial charge in [0.1, 0.15) is 0 Å². The van der Waals surface area contributed by atoms with Gasteiger partial charge in [-0.3, -0.25) is 0 Å². The number of unbranched alkanes of at least 4 members (excludes halogenated alkanes) is 2. The maximum atomic E-state index is 2.46. The molecule has 1 aliphatic carbocycles. The van der Waals surface area contributed by atoms with Gasteiger partial charge in [0.05, 0.1) is 0 Å². The minimum atomic E-state index is 0.554. The van der Waals surface area contributed by atoms with Crippen molar-refractivity contribution in [3.63, 3.8) is 0 Å². The molecule has 1 aliphatic rings. The lowest BCUT2D eigenvalue weighted by Gasteiger charge is -2.25. The largest absolute Gasteiger partial charge is 0.306 e. The highest BCUT2D eigenvalue weighted by Gasteiger charge is 2.49. The molecule has 1 nitrogen and oxygen atoms in total. The summed E-state index contributed by atoms with van der Waals surface area (Å²) < 4.78 is 0. The Morgan fingerprint density at radius 3 is 2.19 bits per heavy atom. The molecule has 3 atom stereocenters. The maximum Gasteiger partial charge on any atom is 0.0150 e. The van der Waals surface area contributed by atoms with Crippen LogP contribution in [0.15, 0.2) is 0 Å². The number of hydrogen-bond acceptors (Lipinski definition) is 1. The first kappa shape index (κ1) is 14.0. The van der Waals surface area contributed by atoms with E-state index in [1.165, 1.54) is 32.1 Å². The highest BCUT2D eigenvalue weighted by Crippen LogP contribution is 2.49. The molecular weight excluding hydrogens is 194 g/mol. The molecule has 1 rings (SSSR count). The first-order valence-corrected chi connectivity index (χ1v) is 7.05. The Bertz CT molecular complexity index is 207. The van der Waals surface area contributed by atoms with Crippen LogP contribution >= 0.6 is 0 Å². The predicted octanol–water partition coefficient (Wildman–Crippen LogP) is 4.18. The van der Waals surface area contributed by atoms with Gasteiger partial charge in [0.2, 0.25) is 0 Å². The van der Waals surface area contributed by atoms with Crippen molar-refractivity contribution in [3.8, 4) is 0 Å². The van der Waals surface area contributed by atoms with Crippen molar-refractivity contribution in [2.45, 2.75) is 65.8 Å². The van der Waals surface area contributed by atoms with Crippen LogP contribution in [0.3, 0.4) is 0 Å². The summed E-state index contributed by atoms with van der Waals surface area (Å²) in [6.45, 7) is 9.62. The Morgan fingerprint density at radius 2 is 1.75 bits per heavy atom. The van der Waals surface area contributed by atoms with Crippen molar-refractivity contribution < 1.29 is 0 Å². The Morgan fingerprint density at radius 1 is 1.12 bits per heavy atom. The van der Waals surface area contributed by atoms with E-state index in [1.807, 2.05) is 0 Å². The minimum Gasteiger partial charge on any atom is -0.306 e. The molecule has 1 heteroatoms. The second kappa shape index (κ2) is 5.53. The fourth-order valence-corrected chi connectivity index (χ4v) is 3.28. The monoisotopic (exact) mass is 225 g/mol. The lowest BCUT2D eigenvalue weighted by atomic mass is 9.81. The van der Waals surface area contributed by atoms with Crippen LogP contribution in [-0.2, 0) is 0 Å². The van der Waals surface area contributed by atoms with Crippen LogP contribution in [0.5, 0.6) is 0 Å². The van der Waals surface area contributed by atoms with Crippen molar-refractivity contribution >= 4 is 0 Å². The zero-order valence-electron chi connectivity index (χ0n) is 12.2. The van der Waals surface area contributed by atoms with Crippen molar-refractivity contribution in [3.05, 3.63) is 0 Å². The molecule has 16 heavy (non-hydrogen) atoms. The fourth-order valence-electron chi connectivity index (χ4n) is 3.28. The number of nitrogens with zero attached hydrogens (tertiary/aromatic N) is 1. The standard InChI is InChI=1S/C15H31N/c1-7-8-9-10-15(3,4)11-13-12(2)14(13)16(5)6/h12-14H,7-11H2,1-6H3. The van der Waals surface area contributed by atoms with Crippen LogP contribution in [0.4, 0.5) is 0 Å². The molecule has 1 saturated carbocycles. The van der Waals surface area contributed by atoms with E-state index in [4.69, 9.17) is 0 Å². The predicted molar refractivity (Wildman–Crippen MR) is 72.7 cm³/mol. The molecular formula is C15H31N. The summed E-state index contributed by atoms with van der Waals surface area (Å²) in [6, 6.07) is 0.852. The van der Waals surface area contributed by atoms with Crippen molar-refractivity contribution in [2.75, 3.05) is 14.1 Å². The van der Waals surface area contributed by atoms with Crippen molar-refractivity contribution in [1.82, 2.24) is 4.90 Å². The van der Waals surface area contributed by atoms with Crippen LogP contribution < -0.4 is 0 Å². The van der Waals surface area contributed by atoms with E-state index in [0.717, 1.165) is 17.9 Å². The molecule has 1 fully saturated rings. The summed E-state index contributed by atoms with van der Waals surface area (Å²) in [7, 11) is 4.45. The zero-order chi connectivity index (χ0) is 12.3. The SMILES string of the molecule is CCCCCC(C)(C)CC1C(C)C1N(C)C. The van der Waals surface area contributed by atoms with Crippen LogP contribution in [0.1, 0.15) is 59.8 Å². The third-order valence-corrected chi connectivity index (χ3v) is 4.35. The average molecular weight is 225 g/mol. The second-order valence-electron chi connectivity index (χ2n) is 6.80. The van der Waals surface area contributed by atoms with E-state index in [9.17, 15) is 0 Å². The first-order chi connectivity index (χ1) is 7.39. The summed E-state index contributed by atoms with van der Waals surface area (Å²) >= 11 is 0. The minimum absolute atomic E-state index is 0.554. The van der Waals surface area contributed by atoms with Gasteiger partial charge < -0.3 is 4.90 Å². The zero-order valence-corrected chi connectivity index (χ0v) is 12.2. The number of rotatable bonds is 7. The highest BCUT2D eigenvalue weighted by atomic mass is 15.1. The molecule has 0 saturated heterocycles. The number of hydrogen-bond donors (Lipinski definition) is 0. The Kier molecular flexibility index (Phi) is 4.85. The molecule has 0 aromatic heterocycles. The van der Waals surface area contributed by atoms with E-state index >= 15 is 0 Å². The van der Waals surface area contributed by atoms with Gasteiger partial charge in [-0.25, -0.2) is 0 Å². The molecule has 0 bridgehead atoms. The van der Waals surface area contributed by atoms with Crippen LogP contribution in [-0.4, -0.2) is 25.0 Å². The van der Waals surface area contributed by atoms with Gasteiger partial charge >= 0.3 is 0 Å². The smallest absolute Gasteiger partial charge is 0.0150 e. The summed E-state index contributed by atoms with van der Waals surface area (Å²) in [6.07, 6.45) is 6.99. The van der Waals surface area contributed by atoms with Gasteiger partial charge in [0.25, 0.3) is 0 Å². The lowest BCUT2D eigenvalue weighted by Crippen LogP contribution is -2.19. The van der Waals surface area contributed by atoms with Crippen LogP contribution in [0, 0.1) is 17.3 Å². The third-order valence-electron chi connectivity index (χ3n) is 4.35. The van der Waals surface area contributed by atoms with Gasteiger partial charge in [-0.15, -0.1) is 0 Å². The van der Waals surface area contributed by atoms with Crippen LogP contribution in [0.25, 0.3) is 0 Å². The van der Waals surface area contributed by atoms with Gasteiger partial charge in [0.15, 0.2) is 0 Å². The van der Waals surface area contributed by atoms with Gasteiger partial charge in [-0.05, 0) is 44.2 Å². The quantitative estimate of drug-likeness (QED) is 0.588. The van der Waals surface area contributed by atoms with Gasteiger partial charge in [-0.1, -0.05) is 47.0 Å². The van der Waals surface area contributed by atoms with Crippen molar-refractivity contribution in [1.29, 1.82) is 0 Å². The van der Waals surface area contributed by atoms with Crippen LogP contribution in [0.2, 0.25) is 0 Å². The molecule has 0 aliphatic heterocycles. The van der Waals surface area contributed by atoms with E-state index < -0.39 is 0 Å². The summed E-state index contributed by atoms with van der Waals surface area (Å²) in [4.78, 5) is 2.41. The molecule has 0 aromatic carbocycles. The first-order valence-electron chi connectivity index (χ1n) is 7.05. The van der Waals surface area contributed by atoms with E-state index in [-0.39, 0.29) is 0 Å². The fraction of sp³-hybridized carbons (Fsp3) is 1.00. The highest BCUT2D eigenvalue weighted by molar-refractivity contribution is 5.02. The summed E-state index contributed by atoms with van der Waals surface area (Å²) in [5.41, 5.74) is 0.554. The molecule has 0 heterocycles. The molecule has 0 spiro atoms. The molecule has 0 radical (unpaired) electrons. The molecule has 96 valence electrons. The Hall–Kier alpha value is -0.0400. The van der Waals surface area contributed by atoms with Crippen molar-refractivity contribution in [2.24, 2.45) is 17.3 Å². The molecule has 0 amide bonds. The lowest BCUT2D eigenvalue weighted by molar-refractivity contribution is 0.259. The Labute approximate surface area is 103 Å². The van der Waals surface area contributed by atoms with E-state index in [0.29, 0.717) is 5.41 Å². The summed E-state index contributed by atoms with van der Waals surface area (Å²) in [5.74, 6) is 1.87. The summed E-state index contributed by atoms with van der Waals surface area (Å²) in [5, 5.41) is 0. The molecule has 0 aromatic rings. The Balaban J connectivity index is 2.30. The normalized spacial score (nSPS) is 29.8. The topological polar surface area (TPSA) is 3.24 Å².